The van der Waals surface area contributed by atoms with Crippen molar-refractivity contribution in [1.82, 2.24) is 0 Å². The summed E-state index contributed by atoms with van der Waals surface area (Å²) in [5, 5.41) is 22.2. The van der Waals surface area contributed by atoms with Crippen LogP contribution in [0.5, 0.6) is 0 Å². The van der Waals surface area contributed by atoms with Gasteiger partial charge in [0.15, 0.2) is 8.07 Å². The van der Waals surface area contributed by atoms with Crippen molar-refractivity contribution in [3.63, 3.8) is 0 Å². The average molecular weight is 1590 g/mol. The summed E-state index contributed by atoms with van der Waals surface area (Å²) >= 11 is 22.0. The highest BCUT2D eigenvalue weighted by molar-refractivity contribution is 9.11. The minimum Gasteiger partial charge on any atom is -0.355 e. The van der Waals surface area contributed by atoms with E-state index in [9.17, 15) is 0 Å². The van der Waals surface area contributed by atoms with Gasteiger partial charge in [-0.15, -0.1) is 0 Å². The van der Waals surface area contributed by atoms with Crippen molar-refractivity contribution in [2.45, 2.75) is 20.8 Å². The van der Waals surface area contributed by atoms with E-state index in [1.807, 2.05) is 12.2 Å². The lowest BCUT2D eigenvalue weighted by Gasteiger charge is -2.38. The molecular formula is C99H76Br2Cl2N3Si2+. The summed E-state index contributed by atoms with van der Waals surface area (Å²) < 4.78 is 1.79. The van der Waals surface area contributed by atoms with Crippen molar-refractivity contribution in [1.29, 1.82) is 0 Å². The fourth-order valence-corrected chi connectivity index (χ4v) is 26.9. The van der Waals surface area contributed by atoms with Crippen LogP contribution in [0.15, 0.2) is 415 Å². The molecule has 0 saturated heterocycles. The summed E-state index contributed by atoms with van der Waals surface area (Å²) in [7, 11) is -5.65. The number of allylic oxidation sites excluding steroid dienone is 6. The molecule has 0 unspecified atom stereocenters. The van der Waals surface area contributed by atoms with Crippen molar-refractivity contribution in [3.8, 4) is 0 Å². The first-order valence-corrected chi connectivity index (χ1v) is 42.6. The molecule has 16 aromatic carbocycles. The zero-order valence-corrected chi connectivity index (χ0v) is 66.7. The van der Waals surface area contributed by atoms with Gasteiger partial charge in [-0.2, -0.15) is 0 Å². The normalized spacial score (nSPS) is 11.8. The molecule has 1 N–H and O–H groups in total. The van der Waals surface area contributed by atoms with Gasteiger partial charge in [0, 0.05) is 66.1 Å². The number of rotatable bonds is 16. The summed E-state index contributed by atoms with van der Waals surface area (Å²) in [5.41, 5.74) is 11.9. The van der Waals surface area contributed by atoms with Crippen LogP contribution >= 0.6 is 55.1 Å². The third-order valence-corrected chi connectivity index (χ3v) is 32.2. The number of halogens is 4. The van der Waals surface area contributed by atoms with Crippen LogP contribution in [0.3, 0.4) is 0 Å². The van der Waals surface area contributed by atoms with Gasteiger partial charge in [-0.25, -0.2) is 0 Å². The highest BCUT2D eigenvalue weighted by Gasteiger charge is 2.47. The van der Waals surface area contributed by atoms with Gasteiger partial charge in [0.2, 0.25) is 8.07 Å². The number of nitrogens with one attached hydrogen (secondary N) is 1. The molecule has 108 heavy (non-hydrogen) atoms. The molecule has 522 valence electrons. The number of anilines is 8. The van der Waals surface area contributed by atoms with Gasteiger partial charge in [-0.05, 0) is 201 Å². The first-order chi connectivity index (χ1) is 53.0. The van der Waals surface area contributed by atoms with E-state index in [1.165, 1.54) is 69.0 Å². The molecule has 3 nitrogen and oxygen atoms in total. The molecule has 16 aromatic rings. The summed E-state index contributed by atoms with van der Waals surface area (Å²) in [6.07, 6.45) is 11.6. The van der Waals surface area contributed by atoms with Crippen LogP contribution in [0, 0.1) is 26.8 Å². The zero-order valence-electron chi connectivity index (χ0n) is 60.0. The van der Waals surface area contributed by atoms with Crippen LogP contribution in [0.2, 0.25) is 10.0 Å². The fourth-order valence-electron chi connectivity index (χ4n) is 15.4. The Morgan fingerprint density at radius 1 is 0.315 bits per heavy atom. The number of aryl methyl sites for hydroxylation is 3. The maximum absolute atomic E-state index is 8.27. The largest absolute Gasteiger partial charge is 0.355 e. The van der Waals surface area contributed by atoms with Crippen LogP contribution < -0.4 is 51.4 Å². The van der Waals surface area contributed by atoms with Crippen LogP contribution in [0.25, 0.3) is 32.3 Å². The molecule has 0 aromatic heterocycles. The maximum Gasteiger partial charge on any atom is 0.212 e. The second kappa shape index (κ2) is 32.9. The van der Waals surface area contributed by atoms with E-state index in [2.05, 4.69) is 462 Å². The second-order valence-electron chi connectivity index (χ2n) is 27.1. The molecule has 0 saturated carbocycles. The molecule has 0 bridgehead atoms. The topological polar surface area (TPSA) is 18.5 Å². The molecule has 0 spiro atoms. The lowest BCUT2D eigenvalue weighted by Crippen LogP contribution is -2.74. The first-order valence-electron chi connectivity index (χ1n) is 36.2. The Hall–Kier alpha value is -11.2. The van der Waals surface area contributed by atoms with Gasteiger partial charge in [0.25, 0.3) is 0 Å². The van der Waals surface area contributed by atoms with E-state index in [4.69, 9.17) is 23.2 Å². The number of nitrogens with zero attached hydrogens (tertiary/aromatic N) is 2. The van der Waals surface area contributed by atoms with Crippen LogP contribution in [0.4, 0.5) is 45.5 Å². The second-order valence-corrected chi connectivity index (χ2v) is 37.2. The van der Waals surface area contributed by atoms with Crippen LogP contribution in [-0.4, -0.2) is 16.1 Å². The van der Waals surface area contributed by atoms with E-state index in [-0.39, 0.29) is 0 Å². The minimum atomic E-state index is -3.12. The van der Waals surface area contributed by atoms with Crippen LogP contribution in [0.1, 0.15) is 16.7 Å². The van der Waals surface area contributed by atoms with Crippen LogP contribution in [-0.2, 0) is 0 Å². The third kappa shape index (κ3) is 14.8. The number of benzene rings is 16. The van der Waals surface area contributed by atoms with Crippen molar-refractivity contribution in [2.24, 2.45) is 0 Å². The molecular weight excluding hydrogens is 1520 g/mol. The highest BCUT2D eigenvalue weighted by Crippen LogP contribution is 2.49. The van der Waals surface area contributed by atoms with Crippen molar-refractivity contribution >= 4 is 185 Å². The molecule has 0 radical (unpaired) electrons. The predicted molar refractivity (Wildman–Crippen MR) is 477 cm³/mol. The van der Waals surface area contributed by atoms with Gasteiger partial charge in [0.05, 0.1) is 38.0 Å². The predicted octanol–water partition coefficient (Wildman–Crippen LogP) is 24.2. The van der Waals surface area contributed by atoms with Gasteiger partial charge in [0.1, 0.15) is 12.2 Å². The van der Waals surface area contributed by atoms with E-state index in [0.717, 1.165) is 76.0 Å². The number of hydrogen-bond donors (Lipinski definition) is 1. The smallest absolute Gasteiger partial charge is 0.212 e. The van der Waals surface area contributed by atoms with E-state index >= 15 is 0 Å². The highest BCUT2D eigenvalue weighted by atomic mass is 79.9. The van der Waals surface area contributed by atoms with Gasteiger partial charge >= 0.3 is 0 Å². The standard InChI is InChI=1S/C58H45ClN2Si.C24H16Br2ClSi.C17H15N/c1-42-20-16-26-46(38-42)60(54-36-18-24-44-22-12-14-34-52(44)54)56-40-51(62(48-28-6-3-7-29-48,49-30-8-4-9-31-49)50-32-10-5-11-33-50)41-57(58(56)59)61(47-27-17-21-43(2)39-47)55-37-19-25-45-23-13-15-35-53(45)55;25-22-16-21(17-23(26)24(22)27)28(18-10-4-1-5-11-18,19-12-6-2-7-13-19)20-14-8-3-9-15-20;1-13-6-4-9-15(12-13)18-17-11-5-8-14-7-2-3-10-16(14)17/h3-41H,1-2H3;1-2,4-17H;2-12,18H,1H3/q;+1;. The molecule has 0 heterocycles. The van der Waals surface area contributed by atoms with Gasteiger partial charge in [-0.1, -0.05) is 320 Å². The molecule has 1 aliphatic carbocycles. The minimum absolute atomic E-state index is 0.648. The Kier molecular flexibility index (Phi) is 22.0. The third-order valence-electron chi connectivity index (χ3n) is 20.2. The molecule has 1 aliphatic rings. The molecule has 0 fully saturated rings. The zero-order chi connectivity index (χ0) is 74.0. The van der Waals surface area contributed by atoms with Crippen molar-refractivity contribution in [2.75, 3.05) is 15.1 Å². The fraction of sp³-hybridized carbons (Fsp3) is 0.0303. The maximum atomic E-state index is 8.27. The van der Waals surface area contributed by atoms with Gasteiger partial charge in [-0.3, -0.25) is 0 Å². The summed E-state index contributed by atoms with van der Waals surface area (Å²) in [6, 6.07) is 135. The molecule has 17 rings (SSSR count). The quantitative estimate of drug-likeness (QED) is 0.0450. The van der Waals surface area contributed by atoms with Crippen molar-refractivity contribution in [3.05, 3.63) is 447 Å². The molecule has 0 atom stereocenters. The Labute approximate surface area is 663 Å². The lowest BCUT2D eigenvalue weighted by molar-refractivity contribution is 1.25. The molecule has 0 aliphatic heterocycles. The Bertz CT molecular complexity index is 5650. The van der Waals surface area contributed by atoms with E-state index in [1.54, 1.807) is 0 Å². The van der Waals surface area contributed by atoms with Gasteiger partial charge < -0.3 is 15.1 Å². The number of fused-ring (bicyclic) bond motifs is 3. The number of hydrogen-bond acceptors (Lipinski definition) is 3. The summed E-state index contributed by atoms with van der Waals surface area (Å²) in [6.45, 7) is 6.42. The molecule has 9 heteroatoms. The Morgan fingerprint density at radius 2 is 0.676 bits per heavy atom. The summed E-state index contributed by atoms with van der Waals surface area (Å²) in [4.78, 5) is 4.78. The lowest BCUT2D eigenvalue weighted by atomic mass is 10.0. The Morgan fingerprint density at radius 3 is 1.10 bits per heavy atom. The monoisotopic (exact) mass is 1590 g/mol. The Balaban J connectivity index is 0.000000164. The van der Waals surface area contributed by atoms with Crippen molar-refractivity contribution < 1.29 is 0 Å². The SMILES string of the molecule is Cc1cccc(N(c2cc([Si](c3ccccc3)(c3ccccc3)c3ccccc3)cc(N(c3cccc(C)c3)c3cccc4ccccc34)c2Cl)c2cccc3ccccc23)c1.Cc1cccc(Nc2cccc3ccccc23)c1.Clc1c(Br)cc([Si](C2=CC=[C+]C=C2)(c2ccccc2)c2ccccc2)cc1Br. The summed E-state index contributed by atoms with van der Waals surface area (Å²) in [5.74, 6) is 0. The van der Waals surface area contributed by atoms with E-state index in [0.29, 0.717) is 10.0 Å². The van der Waals surface area contributed by atoms with E-state index < -0.39 is 16.1 Å². The average Bonchev–Trinajstić information content (AvgIpc) is 0.722. The first kappa shape index (κ1) is 72.4. The molecule has 0 amide bonds.